The number of nitrogens with zero attached hydrogens (tertiary/aromatic N) is 1. The summed E-state index contributed by atoms with van der Waals surface area (Å²) in [6.45, 7) is 0.596. The third-order valence-corrected chi connectivity index (χ3v) is 8.18. The lowest BCUT2D eigenvalue weighted by Crippen LogP contribution is -2.35. The normalized spacial score (nSPS) is 16.7. The summed E-state index contributed by atoms with van der Waals surface area (Å²) in [7, 11) is -3.84. The Kier molecular flexibility index (Phi) is 7.33. The number of anilines is 1. The molecule has 2 aromatic rings. The van der Waals surface area contributed by atoms with E-state index in [1.807, 2.05) is 18.2 Å². The molecule has 1 aliphatic carbocycles. The zero-order valence-corrected chi connectivity index (χ0v) is 19.5. The molecule has 1 amide bonds. The minimum absolute atomic E-state index is 0.0235. The maximum Gasteiger partial charge on any atom is 0.338 e. The number of sulfonamides is 1. The Bertz CT molecular complexity index is 1110. The van der Waals surface area contributed by atoms with Gasteiger partial charge in [0.2, 0.25) is 0 Å². The molecule has 8 heteroatoms. The first-order valence-electron chi connectivity index (χ1n) is 11.6. The molecule has 0 saturated heterocycles. The third-order valence-electron chi connectivity index (χ3n) is 6.37. The van der Waals surface area contributed by atoms with Crippen LogP contribution in [0, 0.1) is 5.92 Å². The molecule has 1 fully saturated rings. The molecule has 1 aliphatic heterocycles. The number of carbonyl (C=O) groups is 2. The fourth-order valence-corrected chi connectivity index (χ4v) is 6.16. The van der Waals surface area contributed by atoms with E-state index < -0.39 is 16.0 Å². The lowest BCUT2D eigenvalue weighted by atomic mass is 9.89. The first-order valence-corrected chi connectivity index (χ1v) is 13.0. The highest BCUT2D eigenvalue weighted by molar-refractivity contribution is 7.92. The van der Waals surface area contributed by atoms with Crippen molar-refractivity contribution in [2.75, 3.05) is 24.0 Å². The van der Waals surface area contributed by atoms with E-state index in [1.165, 1.54) is 47.8 Å². The van der Waals surface area contributed by atoms with Gasteiger partial charge in [-0.1, -0.05) is 43.5 Å². The molecule has 33 heavy (non-hydrogen) atoms. The van der Waals surface area contributed by atoms with Gasteiger partial charge in [-0.2, -0.15) is 0 Å². The summed E-state index contributed by atoms with van der Waals surface area (Å²) in [5.74, 6) is -0.582. The Balaban J connectivity index is 1.39. The van der Waals surface area contributed by atoms with Crippen LogP contribution in [0.4, 0.5) is 5.69 Å². The third kappa shape index (κ3) is 5.55. The number of hydrogen-bond acceptors (Lipinski definition) is 5. The SMILES string of the molecule is O=C(COC(=O)c1cccc(S(=O)(=O)N2CCCc3ccccc32)c1)NCC1CCCCC1. The summed E-state index contributed by atoms with van der Waals surface area (Å²) in [4.78, 5) is 24.6. The summed E-state index contributed by atoms with van der Waals surface area (Å²) in [6.07, 6.45) is 7.42. The number of ether oxygens (including phenoxy) is 1. The van der Waals surface area contributed by atoms with Crippen molar-refractivity contribution in [3.05, 3.63) is 59.7 Å². The predicted octanol–water partition coefficient (Wildman–Crippen LogP) is 3.68. The van der Waals surface area contributed by atoms with Gasteiger partial charge in [-0.05, 0) is 61.4 Å². The summed E-state index contributed by atoms with van der Waals surface area (Å²) in [6, 6.07) is 13.2. The maximum atomic E-state index is 13.3. The maximum absolute atomic E-state index is 13.3. The Hall–Kier alpha value is -2.87. The number of aryl methyl sites for hydroxylation is 1. The van der Waals surface area contributed by atoms with Gasteiger partial charge in [-0.25, -0.2) is 13.2 Å². The zero-order valence-electron chi connectivity index (χ0n) is 18.7. The fourth-order valence-electron chi connectivity index (χ4n) is 4.57. The van der Waals surface area contributed by atoms with Crippen LogP contribution in [0.5, 0.6) is 0 Å². The second kappa shape index (κ2) is 10.4. The lowest BCUT2D eigenvalue weighted by molar-refractivity contribution is -0.124. The summed E-state index contributed by atoms with van der Waals surface area (Å²) in [5.41, 5.74) is 1.76. The zero-order chi connectivity index (χ0) is 23.3. The molecule has 176 valence electrons. The fraction of sp³-hybridized carbons (Fsp3) is 0.440. The molecule has 2 aromatic carbocycles. The quantitative estimate of drug-likeness (QED) is 0.623. The van der Waals surface area contributed by atoms with Crippen molar-refractivity contribution in [1.82, 2.24) is 5.32 Å². The highest BCUT2D eigenvalue weighted by atomic mass is 32.2. The Morgan fingerprint density at radius 2 is 1.79 bits per heavy atom. The van der Waals surface area contributed by atoms with Gasteiger partial charge in [0.1, 0.15) is 0 Å². The number of rotatable bonds is 7. The number of hydrogen-bond donors (Lipinski definition) is 1. The molecule has 0 radical (unpaired) electrons. The van der Waals surface area contributed by atoms with Crippen molar-refractivity contribution in [2.24, 2.45) is 5.92 Å². The number of carbonyl (C=O) groups excluding carboxylic acids is 2. The smallest absolute Gasteiger partial charge is 0.338 e. The van der Waals surface area contributed by atoms with Gasteiger partial charge in [0.15, 0.2) is 6.61 Å². The van der Waals surface area contributed by atoms with Gasteiger partial charge < -0.3 is 10.1 Å². The predicted molar refractivity (Wildman–Crippen MR) is 126 cm³/mol. The van der Waals surface area contributed by atoms with E-state index in [9.17, 15) is 18.0 Å². The van der Waals surface area contributed by atoms with Crippen LogP contribution >= 0.6 is 0 Å². The first kappa shape index (κ1) is 23.3. The van der Waals surface area contributed by atoms with Crippen LogP contribution in [-0.4, -0.2) is 40.0 Å². The number of esters is 1. The first-order chi connectivity index (χ1) is 15.9. The average Bonchev–Trinajstić information content (AvgIpc) is 2.86. The molecular weight excluding hydrogens is 440 g/mol. The van der Waals surface area contributed by atoms with Crippen LogP contribution in [-0.2, 0) is 26.0 Å². The van der Waals surface area contributed by atoms with Crippen molar-refractivity contribution in [3.8, 4) is 0 Å². The van der Waals surface area contributed by atoms with Gasteiger partial charge in [0.25, 0.3) is 15.9 Å². The molecule has 1 saturated carbocycles. The van der Waals surface area contributed by atoms with Crippen LogP contribution in [0.1, 0.15) is 54.4 Å². The summed E-state index contributed by atoms with van der Waals surface area (Å²) >= 11 is 0. The van der Waals surface area contributed by atoms with Crippen molar-refractivity contribution in [2.45, 2.75) is 49.8 Å². The second-order valence-electron chi connectivity index (χ2n) is 8.72. The largest absolute Gasteiger partial charge is 0.452 e. The molecule has 1 heterocycles. The topological polar surface area (TPSA) is 92.8 Å². The molecule has 0 aromatic heterocycles. The van der Waals surface area contributed by atoms with Gasteiger partial charge >= 0.3 is 5.97 Å². The second-order valence-corrected chi connectivity index (χ2v) is 10.6. The van der Waals surface area contributed by atoms with Gasteiger partial charge in [-0.3, -0.25) is 9.10 Å². The van der Waals surface area contributed by atoms with E-state index in [0.717, 1.165) is 31.2 Å². The van der Waals surface area contributed by atoms with Crippen LogP contribution in [0.25, 0.3) is 0 Å². The number of amides is 1. The Labute approximate surface area is 195 Å². The lowest BCUT2D eigenvalue weighted by Gasteiger charge is -2.30. The van der Waals surface area contributed by atoms with Crippen molar-refractivity contribution >= 4 is 27.6 Å². The van der Waals surface area contributed by atoms with Gasteiger partial charge in [0.05, 0.1) is 16.1 Å². The summed E-state index contributed by atoms with van der Waals surface area (Å²) in [5, 5.41) is 2.83. The molecule has 7 nitrogen and oxygen atoms in total. The number of benzene rings is 2. The average molecular weight is 471 g/mol. The standard InChI is InChI=1S/C25H30N2O5S/c28-24(26-17-19-8-2-1-3-9-19)18-32-25(29)21-11-6-13-22(16-21)33(30,31)27-15-7-12-20-10-4-5-14-23(20)27/h4-6,10-11,13-14,16,19H,1-3,7-9,12,15,17-18H2,(H,26,28). The molecule has 0 unspecified atom stereocenters. The van der Waals surface area contributed by atoms with Crippen molar-refractivity contribution in [3.63, 3.8) is 0 Å². The number of nitrogens with one attached hydrogen (secondary N) is 1. The number of fused-ring (bicyclic) bond motifs is 1. The number of para-hydroxylation sites is 1. The van der Waals surface area contributed by atoms with Gasteiger partial charge in [0, 0.05) is 13.1 Å². The monoisotopic (exact) mass is 470 g/mol. The highest BCUT2D eigenvalue weighted by Gasteiger charge is 2.29. The minimum Gasteiger partial charge on any atom is -0.452 e. The van der Waals surface area contributed by atoms with E-state index >= 15 is 0 Å². The van der Waals surface area contributed by atoms with E-state index in [2.05, 4.69) is 5.32 Å². The van der Waals surface area contributed by atoms with Crippen LogP contribution in [0.15, 0.2) is 53.4 Å². The molecule has 1 N–H and O–H groups in total. The molecule has 0 bridgehead atoms. The van der Waals surface area contributed by atoms with Gasteiger partial charge in [-0.15, -0.1) is 0 Å². The van der Waals surface area contributed by atoms with Crippen molar-refractivity contribution < 1.29 is 22.7 Å². The molecule has 0 spiro atoms. The molecule has 4 rings (SSSR count). The van der Waals surface area contributed by atoms with Crippen LogP contribution in [0.2, 0.25) is 0 Å². The highest BCUT2D eigenvalue weighted by Crippen LogP contribution is 2.32. The summed E-state index contributed by atoms with van der Waals surface area (Å²) < 4.78 is 33.2. The van der Waals surface area contributed by atoms with E-state index in [4.69, 9.17) is 4.74 Å². The van der Waals surface area contributed by atoms with E-state index in [-0.39, 0.29) is 23.0 Å². The van der Waals surface area contributed by atoms with Crippen LogP contribution < -0.4 is 9.62 Å². The minimum atomic E-state index is -3.84. The van der Waals surface area contributed by atoms with E-state index in [1.54, 1.807) is 6.07 Å². The Morgan fingerprint density at radius 3 is 2.61 bits per heavy atom. The Morgan fingerprint density at radius 1 is 1.00 bits per heavy atom. The van der Waals surface area contributed by atoms with E-state index in [0.29, 0.717) is 24.7 Å². The van der Waals surface area contributed by atoms with Crippen LogP contribution in [0.3, 0.4) is 0 Å². The molecule has 0 atom stereocenters. The molecular formula is C25H30N2O5S. The molecule has 2 aliphatic rings. The van der Waals surface area contributed by atoms with Crippen molar-refractivity contribution in [1.29, 1.82) is 0 Å².